The third-order valence-electron chi connectivity index (χ3n) is 3.17. The number of hydrogen-bond donors (Lipinski definition) is 2. The summed E-state index contributed by atoms with van der Waals surface area (Å²) in [6, 6.07) is 8.99. The Labute approximate surface area is 130 Å². The van der Waals surface area contributed by atoms with Crippen LogP contribution in [0.1, 0.15) is 22.2 Å². The van der Waals surface area contributed by atoms with E-state index in [0.29, 0.717) is 12.0 Å². The number of nitrogens with two attached hydrogens (primary N) is 1. The van der Waals surface area contributed by atoms with Gasteiger partial charge in [0.15, 0.2) is 0 Å². The maximum absolute atomic E-state index is 12.5. The van der Waals surface area contributed by atoms with E-state index in [1.807, 2.05) is 26.0 Å². The van der Waals surface area contributed by atoms with Gasteiger partial charge in [-0.3, -0.25) is 0 Å². The van der Waals surface area contributed by atoms with Crippen LogP contribution in [0.2, 0.25) is 0 Å². The minimum Gasteiger partial charge on any atom is -0.398 e. The quantitative estimate of drug-likeness (QED) is 0.831. The fraction of sp³-hybridized carbons (Fsp3) is 0.333. The summed E-state index contributed by atoms with van der Waals surface area (Å²) in [5.41, 5.74) is 6.76. The van der Waals surface area contributed by atoms with Crippen molar-refractivity contribution in [1.82, 2.24) is 4.72 Å². The molecular formula is C15H20N2O2S2. The van der Waals surface area contributed by atoms with E-state index in [1.165, 1.54) is 9.75 Å². The number of thiophene rings is 1. The molecular weight excluding hydrogens is 304 g/mol. The maximum atomic E-state index is 12.5. The van der Waals surface area contributed by atoms with Crippen molar-refractivity contribution in [2.45, 2.75) is 38.1 Å². The first kappa shape index (κ1) is 16.0. The van der Waals surface area contributed by atoms with Crippen LogP contribution in [-0.2, 0) is 16.4 Å². The number of hydrogen-bond acceptors (Lipinski definition) is 4. The summed E-state index contributed by atoms with van der Waals surface area (Å²) < 4.78 is 27.7. The molecule has 0 radical (unpaired) electrons. The van der Waals surface area contributed by atoms with Crippen molar-refractivity contribution in [3.05, 3.63) is 45.6 Å². The van der Waals surface area contributed by atoms with Crippen LogP contribution in [0.4, 0.5) is 5.69 Å². The maximum Gasteiger partial charge on any atom is 0.243 e. The van der Waals surface area contributed by atoms with Crippen LogP contribution in [0.3, 0.4) is 0 Å². The zero-order valence-electron chi connectivity index (χ0n) is 12.4. The molecule has 1 aromatic heterocycles. The Kier molecular flexibility index (Phi) is 4.70. The van der Waals surface area contributed by atoms with Crippen molar-refractivity contribution in [2.75, 3.05) is 5.73 Å². The molecule has 1 aromatic carbocycles. The summed E-state index contributed by atoms with van der Waals surface area (Å²) in [6.45, 7) is 5.65. The smallest absolute Gasteiger partial charge is 0.243 e. The Morgan fingerprint density at radius 3 is 2.52 bits per heavy atom. The van der Waals surface area contributed by atoms with Gasteiger partial charge in [0.05, 0.1) is 5.69 Å². The summed E-state index contributed by atoms with van der Waals surface area (Å²) in [6.07, 6.45) is 0.670. The molecule has 0 aliphatic heterocycles. The molecule has 0 bridgehead atoms. The number of rotatable bonds is 5. The van der Waals surface area contributed by atoms with Gasteiger partial charge in [-0.2, -0.15) is 0 Å². The number of benzene rings is 1. The van der Waals surface area contributed by atoms with Crippen molar-refractivity contribution in [2.24, 2.45) is 0 Å². The van der Waals surface area contributed by atoms with E-state index in [4.69, 9.17) is 5.73 Å². The highest BCUT2D eigenvalue weighted by atomic mass is 32.2. The molecule has 4 nitrogen and oxygen atoms in total. The van der Waals surface area contributed by atoms with Crippen molar-refractivity contribution >= 4 is 27.0 Å². The Bertz CT molecular complexity index is 716. The van der Waals surface area contributed by atoms with Gasteiger partial charge in [0.1, 0.15) is 4.90 Å². The summed E-state index contributed by atoms with van der Waals surface area (Å²) >= 11 is 1.68. The molecule has 1 heterocycles. The van der Waals surface area contributed by atoms with Crippen LogP contribution < -0.4 is 10.5 Å². The fourth-order valence-corrected chi connectivity index (χ4v) is 4.92. The molecule has 0 aliphatic rings. The van der Waals surface area contributed by atoms with Gasteiger partial charge in [-0.15, -0.1) is 11.3 Å². The molecule has 114 valence electrons. The summed E-state index contributed by atoms with van der Waals surface area (Å²) in [4.78, 5) is 2.57. The number of anilines is 1. The van der Waals surface area contributed by atoms with Gasteiger partial charge in [-0.25, -0.2) is 13.1 Å². The second kappa shape index (κ2) is 6.17. The second-order valence-electron chi connectivity index (χ2n) is 5.23. The monoisotopic (exact) mass is 324 g/mol. The minimum atomic E-state index is -3.60. The second-order valence-corrected chi connectivity index (χ2v) is 8.26. The third-order valence-corrected chi connectivity index (χ3v) is 6.00. The van der Waals surface area contributed by atoms with E-state index in [9.17, 15) is 8.42 Å². The minimum absolute atomic E-state index is 0.180. The molecule has 21 heavy (non-hydrogen) atoms. The zero-order chi connectivity index (χ0) is 15.6. The molecule has 2 aromatic rings. The molecule has 1 unspecified atom stereocenters. The predicted octanol–water partition coefficient (Wildman–Crippen LogP) is 2.86. The lowest BCUT2D eigenvalue weighted by Gasteiger charge is -2.16. The Morgan fingerprint density at radius 1 is 1.24 bits per heavy atom. The first-order chi connectivity index (χ1) is 9.79. The van der Waals surface area contributed by atoms with Gasteiger partial charge in [0, 0.05) is 15.8 Å². The molecule has 0 saturated carbocycles. The Hall–Kier alpha value is -1.37. The zero-order valence-corrected chi connectivity index (χ0v) is 14.0. The highest BCUT2D eigenvalue weighted by Crippen LogP contribution is 2.23. The molecule has 1 atom stereocenters. The van der Waals surface area contributed by atoms with E-state index in [0.717, 1.165) is 0 Å². The average molecular weight is 324 g/mol. The number of aryl methyl sites for hydroxylation is 2. The standard InChI is InChI=1S/C15H20N2O2S2/c1-10-5-4-6-14(16)15(10)21(18,19)17-11(2)9-13-8-7-12(3)20-13/h4-8,11,17H,9,16H2,1-3H3. The number of nitrogen functional groups attached to an aromatic ring is 1. The summed E-state index contributed by atoms with van der Waals surface area (Å²) in [7, 11) is -3.60. The van der Waals surface area contributed by atoms with Crippen molar-refractivity contribution in [1.29, 1.82) is 0 Å². The largest absolute Gasteiger partial charge is 0.398 e. The molecule has 0 aliphatic carbocycles. The SMILES string of the molecule is Cc1ccc(CC(C)NS(=O)(=O)c2c(C)cccc2N)s1. The Morgan fingerprint density at radius 2 is 1.95 bits per heavy atom. The first-order valence-electron chi connectivity index (χ1n) is 6.72. The summed E-state index contributed by atoms with van der Waals surface area (Å²) in [5, 5.41) is 0. The predicted molar refractivity (Wildman–Crippen MR) is 88.1 cm³/mol. The molecule has 0 saturated heterocycles. The van der Waals surface area contributed by atoms with Gasteiger partial charge < -0.3 is 5.73 Å². The van der Waals surface area contributed by atoms with Gasteiger partial charge in [-0.1, -0.05) is 12.1 Å². The van der Waals surface area contributed by atoms with E-state index in [1.54, 1.807) is 36.5 Å². The average Bonchev–Trinajstić information content (AvgIpc) is 2.72. The van der Waals surface area contributed by atoms with Crippen molar-refractivity contribution < 1.29 is 8.42 Å². The van der Waals surface area contributed by atoms with E-state index >= 15 is 0 Å². The number of sulfonamides is 1. The van der Waals surface area contributed by atoms with Gasteiger partial charge >= 0.3 is 0 Å². The van der Waals surface area contributed by atoms with Crippen molar-refractivity contribution in [3.63, 3.8) is 0 Å². The van der Waals surface area contributed by atoms with Crippen LogP contribution >= 0.6 is 11.3 Å². The van der Waals surface area contributed by atoms with Crippen LogP contribution in [-0.4, -0.2) is 14.5 Å². The fourth-order valence-electron chi connectivity index (χ4n) is 2.30. The lowest BCUT2D eigenvalue weighted by Crippen LogP contribution is -2.34. The topological polar surface area (TPSA) is 72.2 Å². The molecule has 3 N–H and O–H groups in total. The van der Waals surface area contributed by atoms with Gasteiger partial charge in [-0.05, 0) is 51.0 Å². The molecule has 0 amide bonds. The first-order valence-corrected chi connectivity index (χ1v) is 9.02. The number of nitrogens with one attached hydrogen (secondary N) is 1. The molecule has 0 spiro atoms. The Balaban J connectivity index is 2.17. The lowest BCUT2D eigenvalue weighted by molar-refractivity contribution is 0.560. The molecule has 6 heteroatoms. The molecule has 2 rings (SSSR count). The van der Waals surface area contributed by atoms with E-state index in [-0.39, 0.29) is 16.6 Å². The van der Waals surface area contributed by atoms with Crippen LogP contribution in [0.25, 0.3) is 0 Å². The van der Waals surface area contributed by atoms with Crippen LogP contribution in [0.15, 0.2) is 35.2 Å². The van der Waals surface area contributed by atoms with Gasteiger partial charge in [0.25, 0.3) is 0 Å². The summed E-state index contributed by atoms with van der Waals surface area (Å²) in [5.74, 6) is 0. The van der Waals surface area contributed by atoms with E-state index in [2.05, 4.69) is 4.72 Å². The highest BCUT2D eigenvalue weighted by molar-refractivity contribution is 7.89. The van der Waals surface area contributed by atoms with E-state index < -0.39 is 10.0 Å². The van der Waals surface area contributed by atoms with Crippen LogP contribution in [0.5, 0.6) is 0 Å². The van der Waals surface area contributed by atoms with Gasteiger partial charge in [0.2, 0.25) is 10.0 Å². The highest BCUT2D eigenvalue weighted by Gasteiger charge is 2.22. The lowest BCUT2D eigenvalue weighted by atomic mass is 10.2. The normalized spacial score (nSPS) is 13.3. The van der Waals surface area contributed by atoms with Crippen LogP contribution in [0, 0.1) is 13.8 Å². The third kappa shape index (κ3) is 3.84. The van der Waals surface area contributed by atoms with Crippen molar-refractivity contribution in [3.8, 4) is 0 Å². The molecule has 0 fully saturated rings.